The monoisotopic (exact) mass is 529 g/mol. The Bertz CT molecular complexity index is 611. The maximum atomic E-state index is 9.30. The standard InChI is InChI=1S/C23H39N5O.HI/c1-2-24-23(25-12-17-27-13-4-3-5-14-27)26-18-20-6-8-22(9-7-20)28-15-10-21(19-29)11-16-28;/h6-9,21,29H,2-5,10-19H2,1H3,(H2,24,25,26);1H. The van der Waals surface area contributed by atoms with Gasteiger partial charge in [0.15, 0.2) is 5.96 Å². The molecule has 1 aromatic carbocycles. The molecule has 0 unspecified atom stereocenters. The SMILES string of the molecule is CCNC(=NCc1ccc(N2CCC(CO)CC2)cc1)NCCN1CCCCC1.I. The average Bonchev–Trinajstić information content (AvgIpc) is 2.78. The molecular formula is C23H40IN5O. The first-order valence-corrected chi connectivity index (χ1v) is 11.5. The van der Waals surface area contributed by atoms with Gasteiger partial charge < -0.3 is 25.5 Å². The van der Waals surface area contributed by atoms with Crippen molar-refractivity contribution in [1.29, 1.82) is 0 Å². The minimum Gasteiger partial charge on any atom is -0.396 e. The second kappa shape index (κ2) is 14.1. The van der Waals surface area contributed by atoms with E-state index in [-0.39, 0.29) is 24.0 Å². The lowest BCUT2D eigenvalue weighted by atomic mass is 9.97. The molecule has 3 rings (SSSR count). The summed E-state index contributed by atoms with van der Waals surface area (Å²) in [5.41, 5.74) is 2.51. The van der Waals surface area contributed by atoms with Gasteiger partial charge in [0.1, 0.15) is 0 Å². The van der Waals surface area contributed by atoms with Crippen LogP contribution in [-0.4, -0.2) is 68.4 Å². The van der Waals surface area contributed by atoms with Gasteiger partial charge in [-0.3, -0.25) is 0 Å². The summed E-state index contributed by atoms with van der Waals surface area (Å²) in [6, 6.07) is 8.80. The summed E-state index contributed by atoms with van der Waals surface area (Å²) in [5, 5.41) is 16.1. The van der Waals surface area contributed by atoms with E-state index in [9.17, 15) is 5.11 Å². The first kappa shape index (κ1) is 25.2. The van der Waals surface area contributed by atoms with Crippen LogP contribution in [0.5, 0.6) is 0 Å². The van der Waals surface area contributed by atoms with E-state index in [2.05, 4.69) is 51.6 Å². The number of nitrogens with zero attached hydrogens (tertiary/aromatic N) is 3. The van der Waals surface area contributed by atoms with Crippen molar-refractivity contribution in [2.75, 3.05) is 57.3 Å². The van der Waals surface area contributed by atoms with Crippen LogP contribution in [-0.2, 0) is 6.54 Å². The average molecular weight is 530 g/mol. The molecule has 0 bridgehead atoms. The number of halogens is 1. The third-order valence-corrected chi connectivity index (χ3v) is 6.11. The van der Waals surface area contributed by atoms with Gasteiger partial charge in [-0.2, -0.15) is 0 Å². The molecule has 2 saturated heterocycles. The first-order chi connectivity index (χ1) is 14.3. The van der Waals surface area contributed by atoms with E-state index < -0.39 is 0 Å². The van der Waals surface area contributed by atoms with Crippen molar-refractivity contribution >= 4 is 35.6 Å². The fourth-order valence-corrected chi connectivity index (χ4v) is 4.21. The predicted molar refractivity (Wildman–Crippen MR) is 137 cm³/mol. The molecule has 0 saturated carbocycles. The van der Waals surface area contributed by atoms with E-state index in [1.165, 1.54) is 43.6 Å². The number of likely N-dealkylation sites (tertiary alicyclic amines) is 1. The molecular weight excluding hydrogens is 489 g/mol. The lowest BCUT2D eigenvalue weighted by molar-refractivity contribution is 0.203. The van der Waals surface area contributed by atoms with E-state index in [1.807, 2.05) is 0 Å². The Balaban J connectivity index is 0.00000320. The molecule has 2 aliphatic rings. The van der Waals surface area contributed by atoms with E-state index in [0.29, 0.717) is 19.1 Å². The number of piperidine rings is 2. The van der Waals surface area contributed by atoms with Crippen molar-refractivity contribution in [3.05, 3.63) is 29.8 Å². The summed E-state index contributed by atoms with van der Waals surface area (Å²) in [4.78, 5) is 9.73. The van der Waals surface area contributed by atoms with Gasteiger partial charge in [-0.1, -0.05) is 18.6 Å². The largest absolute Gasteiger partial charge is 0.396 e. The van der Waals surface area contributed by atoms with Gasteiger partial charge in [-0.05, 0) is 69.3 Å². The smallest absolute Gasteiger partial charge is 0.191 e. The molecule has 2 aliphatic heterocycles. The van der Waals surface area contributed by atoms with E-state index in [1.54, 1.807) is 0 Å². The molecule has 3 N–H and O–H groups in total. The molecule has 0 aliphatic carbocycles. The molecule has 0 amide bonds. The van der Waals surface area contributed by atoms with Crippen LogP contribution in [0.4, 0.5) is 5.69 Å². The predicted octanol–water partition coefficient (Wildman–Crippen LogP) is 3.05. The summed E-state index contributed by atoms with van der Waals surface area (Å²) < 4.78 is 0. The lowest BCUT2D eigenvalue weighted by Crippen LogP contribution is -2.42. The van der Waals surface area contributed by atoms with Crippen molar-refractivity contribution in [2.24, 2.45) is 10.9 Å². The minimum atomic E-state index is 0. The van der Waals surface area contributed by atoms with Crippen molar-refractivity contribution in [2.45, 2.75) is 45.6 Å². The van der Waals surface area contributed by atoms with E-state index in [0.717, 1.165) is 51.5 Å². The number of hydrogen-bond donors (Lipinski definition) is 3. The van der Waals surface area contributed by atoms with Crippen molar-refractivity contribution in [3.8, 4) is 0 Å². The Labute approximate surface area is 199 Å². The number of guanidine groups is 1. The minimum absolute atomic E-state index is 0. The fraction of sp³-hybridized carbons (Fsp3) is 0.696. The maximum absolute atomic E-state index is 9.30. The molecule has 0 spiro atoms. The van der Waals surface area contributed by atoms with Crippen LogP contribution >= 0.6 is 24.0 Å². The molecule has 0 aromatic heterocycles. The highest BCUT2D eigenvalue weighted by molar-refractivity contribution is 14.0. The highest BCUT2D eigenvalue weighted by Gasteiger charge is 2.18. The first-order valence-electron chi connectivity index (χ1n) is 11.5. The Hall–Kier alpha value is -1.06. The molecule has 0 atom stereocenters. The van der Waals surface area contributed by atoms with Crippen LogP contribution in [0.15, 0.2) is 29.3 Å². The Morgan fingerprint density at radius 3 is 2.37 bits per heavy atom. The number of aliphatic hydroxyl groups is 1. The number of aliphatic imine (C=N–C) groups is 1. The second-order valence-electron chi connectivity index (χ2n) is 8.30. The molecule has 30 heavy (non-hydrogen) atoms. The van der Waals surface area contributed by atoms with Crippen LogP contribution in [0.25, 0.3) is 0 Å². The summed E-state index contributed by atoms with van der Waals surface area (Å²) >= 11 is 0. The van der Waals surface area contributed by atoms with Crippen molar-refractivity contribution < 1.29 is 5.11 Å². The second-order valence-corrected chi connectivity index (χ2v) is 8.30. The number of anilines is 1. The number of aliphatic hydroxyl groups excluding tert-OH is 1. The van der Waals surface area contributed by atoms with Gasteiger partial charge in [0.25, 0.3) is 0 Å². The lowest BCUT2D eigenvalue weighted by Gasteiger charge is -2.32. The summed E-state index contributed by atoms with van der Waals surface area (Å²) in [6.45, 7) is 10.6. The summed E-state index contributed by atoms with van der Waals surface area (Å²) in [7, 11) is 0. The third kappa shape index (κ3) is 8.23. The highest BCUT2D eigenvalue weighted by atomic mass is 127. The molecule has 7 heteroatoms. The zero-order valence-electron chi connectivity index (χ0n) is 18.5. The van der Waals surface area contributed by atoms with Crippen molar-refractivity contribution in [3.63, 3.8) is 0 Å². The zero-order chi connectivity index (χ0) is 20.3. The van der Waals surface area contributed by atoms with Crippen LogP contribution < -0.4 is 15.5 Å². The van der Waals surface area contributed by atoms with Crippen LogP contribution in [0.2, 0.25) is 0 Å². The Kier molecular flexibility index (Phi) is 11.8. The van der Waals surface area contributed by atoms with Gasteiger partial charge in [0.05, 0.1) is 6.54 Å². The van der Waals surface area contributed by atoms with Crippen LogP contribution in [0.3, 0.4) is 0 Å². The maximum Gasteiger partial charge on any atom is 0.191 e. The Morgan fingerprint density at radius 1 is 1.03 bits per heavy atom. The summed E-state index contributed by atoms with van der Waals surface area (Å²) in [6.07, 6.45) is 6.22. The number of hydrogen-bond acceptors (Lipinski definition) is 4. The molecule has 6 nitrogen and oxygen atoms in total. The summed E-state index contributed by atoms with van der Waals surface area (Å²) in [5.74, 6) is 1.38. The molecule has 2 heterocycles. The molecule has 2 fully saturated rings. The molecule has 1 aromatic rings. The quantitative estimate of drug-likeness (QED) is 0.275. The zero-order valence-corrected chi connectivity index (χ0v) is 20.8. The molecule has 170 valence electrons. The fourth-order valence-electron chi connectivity index (χ4n) is 4.21. The topological polar surface area (TPSA) is 63.1 Å². The number of nitrogens with one attached hydrogen (secondary N) is 2. The number of rotatable bonds is 8. The van der Waals surface area contributed by atoms with Crippen molar-refractivity contribution in [1.82, 2.24) is 15.5 Å². The van der Waals surface area contributed by atoms with Gasteiger partial charge >= 0.3 is 0 Å². The van der Waals surface area contributed by atoms with E-state index in [4.69, 9.17) is 4.99 Å². The Morgan fingerprint density at radius 2 is 1.73 bits per heavy atom. The van der Waals surface area contributed by atoms with Gasteiger partial charge in [0, 0.05) is 45.0 Å². The molecule has 0 radical (unpaired) electrons. The third-order valence-electron chi connectivity index (χ3n) is 6.11. The van der Waals surface area contributed by atoms with Gasteiger partial charge in [0.2, 0.25) is 0 Å². The van der Waals surface area contributed by atoms with Gasteiger partial charge in [-0.15, -0.1) is 24.0 Å². The number of benzene rings is 1. The van der Waals surface area contributed by atoms with Crippen LogP contribution in [0.1, 0.15) is 44.6 Å². The normalized spacial score (nSPS) is 18.7. The van der Waals surface area contributed by atoms with E-state index >= 15 is 0 Å². The highest BCUT2D eigenvalue weighted by Crippen LogP contribution is 2.23. The van der Waals surface area contributed by atoms with Gasteiger partial charge in [-0.25, -0.2) is 4.99 Å². The van der Waals surface area contributed by atoms with Crippen LogP contribution in [0, 0.1) is 5.92 Å².